The second-order valence-electron chi connectivity index (χ2n) is 11.5. The summed E-state index contributed by atoms with van der Waals surface area (Å²) in [6.45, 7) is 18.5. The van der Waals surface area contributed by atoms with Crippen LogP contribution in [0.25, 0.3) is 10.9 Å². The maximum absolute atomic E-state index is 12.0. The van der Waals surface area contributed by atoms with Gasteiger partial charge in [0.2, 0.25) is 0 Å². The lowest BCUT2D eigenvalue weighted by Gasteiger charge is -2.19. The first-order chi connectivity index (χ1) is 20.6. The van der Waals surface area contributed by atoms with E-state index in [0.29, 0.717) is 6.42 Å². The highest BCUT2D eigenvalue weighted by Gasteiger charge is 2.23. The van der Waals surface area contributed by atoms with Gasteiger partial charge in [-0.15, -0.1) is 0 Å². The van der Waals surface area contributed by atoms with E-state index in [4.69, 9.17) is 23.2 Å². The van der Waals surface area contributed by atoms with Crippen LogP contribution in [0.2, 0.25) is 10.0 Å². The number of halogens is 2. The van der Waals surface area contributed by atoms with Crippen LogP contribution in [0.5, 0.6) is 0 Å². The van der Waals surface area contributed by atoms with E-state index < -0.39 is 0 Å². The topological polar surface area (TPSA) is 36.1 Å². The fourth-order valence-corrected chi connectivity index (χ4v) is 5.65. The minimum atomic E-state index is 0.0471. The van der Waals surface area contributed by atoms with Gasteiger partial charge >= 0.3 is 0 Å². The number of nitrogens with zero attached hydrogens (tertiary/aromatic N) is 1. The van der Waals surface area contributed by atoms with E-state index in [1.54, 1.807) is 6.92 Å². The number of benzene rings is 3. The Kier molecular flexibility index (Phi) is 16.7. The van der Waals surface area contributed by atoms with E-state index in [1.807, 2.05) is 49.4 Å². The fraction of sp³-hybridized carbons (Fsp3) is 0.447. The fourth-order valence-electron chi connectivity index (χ4n) is 5.35. The van der Waals surface area contributed by atoms with E-state index in [9.17, 15) is 4.79 Å². The molecule has 0 aliphatic carbocycles. The van der Waals surface area contributed by atoms with Crippen molar-refractivity contribution in [3.63, 3.8) is 0 Å². The lowest BCUT2D eigenvalue weighted by Crippen LogP contribution is -2.25. The molecule has 0 radical (unpaired) electrons. The summed E-state index contributed by atoms with van der Waals surface area (Å²) in [5.74, 6) is 0.246. The van der Waals surface area contributed by atoms with E-state index >= 15 is 0 Å². The monoisotopic (exact) mass is 622 g/mol. The Labute approximate surface area is 271 Å². The third kappa shape index (κ3) is 12.5. The Morgan fingerprint density at radius 3 is 1.72 bits per heavy atom. The smallest absolute Gasteiger partial charge is 0.130 e. The van der Waals surface area contributed by atoms with Crippen molar-refractivity contribution >= 4 is 39.9 Å². The van der Waals surface area contributed by atoms with Crippen molar-refractivity contribution in [3.05, 3.63) is 105 Å². The van der Waals surface area contributed by atoms with Crippen LogP contribution in [0.1, 0.15) is 101 Å². The van der Waals surface area contributed by atoms with E-state index in [1.165, 1.54) is 66.5 Å². The molecule has 0 fully saturated rings. The molecule has 0 saturated heterocycles. The lowest BCUT2D eigenvalue weighted by atomic mass is 9.87. The normalized spacial score (nSPS) is 11.5. The van der Waals surface area contributed by atoms with Crippen LogP contribution >= 0.6 is 23.2 Å². The SMILES string of the molecule is CCCN(CCC)CCC.CCCc1c(C(CC(C)=O)c2ccc(C)cc2)[nH]c2ccc(Cl)cc12.Cc1ccc(Cl)cc1. The minimum absolute atomic E-state index is 0.0471. The number of rotatable bonds is 12. The summed E-state index contributed by atoms with van der Waals surface area (Å²) in [7, 11) is 0. The van der Waals surface area contributed by atoms with E-state index in [-0.39, 0.29) is 11.7 Å². The van der Waals surface area contributed by atoms with Crippen molar-refractivity contribution in [1.29, 1.82) is 0 Å². The van der Waals surface area contributed by atoms with Crippen molar-refractivity contribution < 1.29 is 4.79 Å². The number of aromatic amines is 1. The highest BCUT2D eigenvalue weighted by Crippen LogP contribution is 2.36. The van der Waals surface area contributed by atoms with Crippen molar-refractivity contribution in [1.82, 2.24) is 9.88 Å². The van der Waals surface area contributed by atoms with Crippen LogP contribution in [0, 0.1) is 13.8 Å². The number of carbonyl (C=O) groups excluding carboxylic acids is 1. The van der Waals surface area contributed by atoms with Crippen molar-refractivity contribution in [2.75, 3.05) is 19.6 Å². The van der Waals surface area contributed by atoms with Crippen LogP contribution in [0.4, 0.5) is 0 Å². The van der Waals surface area contributed by atoms with Gasteiger partial charge in [-0.05, 0) is 108 Å². The van der Waals surface area contributed by atoms with Crippen molar-refractivity contribution in [3.8, 4) is 0 Å². The quantitative estimate of drug-likeness (QED) is 0.170. The summed E-state index contributed by atoms with van der Waals surface area (Å²) in [5.41, 5.74) is 7.17. The van der Waals surface area contributed by atoms with Gasteiger partial charge in [-0.2, -0.15) is 0 Å². The second-order valence-corrected chi connectivity index (χ2v) is 12.3. The molecule has 1 atom stereocenters. The summed E-state index contributed by atoms with van der Waals surface area (Å²) >= 11 is 11.8. The van der Waals surface area contributed by atoms with Gasteiger partial charge in [-0.3, -0.25) is 4.79 Å². The van der Waals surface area contributed by atoms with Gasteiger partial charge in [0, 0.05) is 39.0 Å². The van der Waals surface area contributed by atoms with Gasteiger partial charge in [0.25, 0.3) is 0 Å². The zero-order valence-corrected chi connectivity index (χ0v) is 28.9. The number of hydrogen-bond acceptors (Lipinski definition) is 2. The van der Waals surface area contributed by atoms with Crippen LogP contribution in [-0.2, 0) is 11.2 Å². The Hall–Kier alpha value is -2.59. The number of Topliss-reactive ketones (excluding diaryl/α,β-unsaturated/α-hetero) is 1. The summed E-state index contributed by atoms with van der Waals surface area (Å²) in [5, 5.41) is 2.72. The maximum Gasteiger partial charge on any atom is 0.130 e. The average molecular weight is 624 g/mol. The number of H-pyrrole nitrogens is 1. The Morgan fingerprint density at radius 1 is 0.744 bits per heavy atom. The van der Waals surface area contributed by atoms with Gasteiger partial charge in [0.1, 0.15) is 5.78 Å². The molecule has 0 amide bonds. The Morgan fingerprint density at radius 2 is 1.26 bits per heavy atom. The number of hydrogen-bond donors (Lipinski definition) is 1. The van der Waals surface area contributed by atoms with E-state index in [0.717, 1.165) is 34.1 Å². The first-order valence-electron chi connectivity index (χ1n) is 15.9. The number of aryl methyl sites for hydroxylation is 3. The molecular formula is C38H52Cl2N2O. The Bertz CT molecular complexity index is 1320. The minimum Gasteiger partial charge on any atom is -0.358 e. The molecule has 0 aliphatic rings. The molecule has 234 valence electrons. The van der Waals surface area contributed by atoms with Gasteiger partial charge < -0.3 is 9.88 Å². The molecule has 0 bridgehead atoms. The summed E-state index contributed by atoms with van der Waals surface area (Å²) in [6, 6.07) is 22.2. The van der Waals surface area contributed by atoms with Gasteiger partial charge in [-0.25, -0.2) is 0 Å². The first kappa shape index (κ1) is 36.6. The predicted molar refractivity (Wildman–Crippen MR) is 189 cm³/mol. The number of ketones is 1. The van der Waals surface area contributed by atoms with Gasteiger partial charge in [0.15, 0.2) is 0 Å². The second kappa shape index (κ2) is 19.6. The van der Waals surface area contributed by atoms with Gasteiger partial charge in [0.05, 0.1) is 0 Å². The molecule has 3 aromatic carbocycles. The molecule has 0 saturated carbocycles. The highest BCUT2D eigenvalue weighted by atomic mass is 35.5. The molecule has 0 aliphatic heterocycles. The van der Waals surface area contributed by atoms with Crippen LogP contribution in [0.3, 0.4) is 0 Å². The number of carbonyl (C=O) groups is 1. The first-order valence-corrected chi connectivity index (χ1v) is 16.7. The molecule has 1 aromatic heterocycles. The third-order valence-electron chi connectivity index (χ3n) is 7.35. The Balaban J connectivity index is 0.000000294. The number of aromatic nitrogens is 1. The zero-order valence-electron chi connectivity index (χ0n) is 27.4. The molecule has 0 spiro atoms. The summed E-state index contributed by atoms with van der Waals surface area (Å²) in [4.78, 5) is 18.1. The predicted octanol–water partition coefficient (Wildman–Crippen LogP) is 11.4. The maximum atomic E-state index is 12.0. The van der Waals surface area contributed by atoms with Crippen LogP contribution < -0.4 is 0 Å². The highest BCUT2D eigenvalue weighted by molar-refractivity contribution is 6.31. The van der Waals surface area contributed by atoms with Crippen molar-refractivity contribution in [2.24, 2.45) is 0 Å². The van der Waals surface area contributed by atoms with E-state index in [2.05, 4.69) is 68.8 Å². The van der Waals surface area contributed by atoms with Crippen LogP contribution in [0.15, 0.2) is 66.7 Å². The molecule has 1 N–H and O–H groups in total. The molecule has 4 rings (SSSR count). The standard InChI is InChI=1S/C22H24ClNO.C9H21N.C7H7Cl/c1-4-5-18-20-13-17(23)10-11-21(20)24-22(18)19(12-15(3)25)16-8-6-14(2)7-9-16;1-4-7-10(8-5-2)9-6-3;1-6-2-4-7(8)5-3-6/h6-11,13,19,24H,4-5,12H2,1-3H3;4-9H2,1-3H3;2-5H,1H3. The average Bonchev–Trinajstić information content (AvgIpc) is 3.32. The zero-order chi connectivity index (χ0) is 31.8. The molecule has 1 unspecified atom stereocenters. The molecular weight excluding hydrogens is 571 g/mol. The molecule has 43 heavy (non-hydrogen) atoms. The molecule has 3 nitrogen and oxygen atoms in total. The summed E-state index contributed by atoms with van der Waals surface area (Å²) in [6.07, 6.45) is 6.39. The molecule has 5 heteroatoms. The summed E-state index contributed by atoms with van der Waals surface area (Å²) < 4.78 is 0. The molecule has 1 heterocycles. The van der Waals surface area contributed by atoms with Crippen LogP contribution in [-0.4, -0.2) is 35.3 Å². The number of fused-ring (bicyclic) bond motifs is 1. The number of nitrogens with one attached hydrogen (secondary N) is 1. The third-order valence-corrected chi connectivity index (χ3v) is 7.84. The van der Waals surface area contributed by atoms with Gasteiger partial charge in [-0.1, -0.05) is 105 Å². The molecule has 4 aromatic rings. The largest absolute Gasteiger partial charge is 0.358 e. The lowest BCUT2D eigenvalue weighted by molar-refractivity contribution is -0.117. The van der Waals surface area contributed by atoms with Crippen molar-refractivity contribution in [2.45, 2.75) is 92.9 Å².